The van der Waals surface area contributed by atoms with Crippen molar-refractivity contribution in [1.29, 1.82) is 0 Å². The second-order valence-electron chi connectivity index (χ2n) is 4.73. The fraction of sp³-hybridized carbons (Fsp3) is 0.286. The van der Waals surface area contributed by atoms with Crippen molar-refractivity contribution in [1.82, 2.24) is 9.97 Å². The van der Waals surface area contributed by atoms with Crippen LogP contribution in [0.2, 0.25) is 0 Å². The van der Waals surface area contributed by atoms with Gasteiger partial charge in [0.15, 0.2) is 9.84 Å². The molecule has 2 rings (SSSR count). The summed E-state index contributed by atoms with van der Waals surface area (Å²) in [5.41, 5.74) is 7.03. The summed E-state index contributed by atoms with van der Waals surface area (Å²) in [6.07, 6.45) is 2.20. The molecule has 0 aliphatic carbocycles. The normalized spacial score (nSPS) is 11.3. The monoisotopic (exact) mass is 306 g/mol. The van der Waals surface area contributed by atoms with Crippen LogP contribution in [0.4, 0.5) is 17.5 Å². The molecule has 3 N–H and O–H groups in total. The van der Waals surface area contributed by atoms with Gasteiger partial charge in [-0.3, -0.25) is 0 Å². The molecular weight excluding hydrogens is 288 g/mol. The highest BCUT2D eigenvalue weighted by Crippen LogP contribution is 2.22. The summed E-state index contributed by atoms with van der Waals surface area (Å²) in [5, 5.41) is 3.07. The zero-order chi connectivity index (χ0) is 15.5. The largest absolute Gasteiger partial charge is 0.368 e. The third-order valence-electron chi connectivity index (χ3n) is 2.92. The average molecular weight is 306 g/mol. The Balaban J connectivity index is 2.32. The minimum Gasteiger partial charge on any atom is -0.368 e. The van der Waals surface area contributed by atoms with Crippen LogP contribution in [0, 0.1) is 6.92 Å². The van der Waals surface area contributed by atoms with Crippen LogP contribution in [-0.2, 0) is 9.84 Å². The van der Waals surface area contributed by atoms with Crippen molar-refractivity contribution in [2.24, 2.45) is 0 Å². The van der Waals surface area contributed by atoms with Crippen LogP contribution in [-0.4, -0.2) is 24.1 Å². The van der Waals surface area contributed by atoms with E-state index in [0.717, 1.165) is 5.56 Å². The highest BCUT2D eigenvalue weighted by molar-refractivity contribution is 7.91. The summed E-state index contributed by atoms with van der Waals surface area (Å²) >= 11 is 0. The quantitative estimate of drug-likeness (QED) is 0.879. The molecule has 7 heteroatoms. The summed E-state index contributed by atoms with van der Waals surface area (Å²) < 4.78 is 24.2. The molecule has 0 radical (unpaired) electrons. The van der Waals surface area contributed by atoms with E-state index in [9.17, 15) is 8.42 Å². The molecule has 0 aliphatic rings. The van der Waals surface area contributed by atoms with Gasteiger partial charge in [0.1, 0.15) is 5.82 Å². The van der Waals surface area contributed by atoms with Crippen molar-refractivity contribution in [3.63, 3.8) is 0 Å². The maximum atomic E-state index is 12.1. The van der Waals surface area contributed by atoms with Crippen LogP contribution in [0.15, 0.2) is 35.4 Å². The first-order valence-electron chi connectivity index (χ1n) is 6.61. The van der Waals surface area contributed by atoms with E-state index >= 15 is 0 Å². The molecule has 0 amide bonds. The van der Waals surface area contributed by atoms with Crippen molar-refractivity contribution in [2.75, 3.05) is 16.8 Å². The summed E-state index contributed by atoms with van der Waals surface area (Å²) in [4.78, 5) is 8.30. The van der Waals surface area contributed by atoms with E-state index in [-0.39, 0.29) is 11.7 Å². The predicted octanol–water partition coefficient (Wildman–Crippen LogP) is 2.29. The molecule has 0 unspecified atom stereocenters. The van der Waals surface area contributed by atoms with E-state index < -0.39 is 9.84 Å². The minimum absolute atomic E-state index is 0.135. The molecule has 1 aromatic carbocycles. The van der Waals surface area contributed by atoms with Gasteiger partial charge >= 0.3 is 0 Å². The van der Waals surface area contributed by atoms with E-state index in [0.29, 0.717) is 22.8 Å². The number of nitrogen functional groups attached to an aromatic ring is 1. The number of nitrogens with two attached hydrogens (primary N) is 1. The number of nitrogens with one attached hydrogen (secondary N) is 1. The van der Waals surface area contributed by atoms with Crippen LogP contribution >= 0.6 is 0 Å². The van der Waals surface area contributed by atoms with Crippen LogP contribution in [0.1, 0.15) is 18.9 Å². The van der Waals surface area contributed by atoms with Gasteiger partial charge in [-0.25, -0.2) is 13.4 Å². The molecule has 0 fully saturated rings. The van der Waals surface area contributed by atoms with E-state index in [4.69, 9.17) is 5.73 Å². The first kappa shape index (κ1) is 15.2. The van der Waals surface area contributed by atoms with E-state index in [1.54, 1.807) is 30.5 Å². The van der Waals surface area contributed by atoms with E-state index in [2.05, 4.69) is 15.3 Å². The van der Waals surface area contributed by atoms with Gasteiger partial charge in [-0.15, -0.1) is 0 Å². The number of hydrogen-bond donors (Lipinski definition) is 2. The predicted molar refractivity (Wildman–Crippen MR) is 83.2 cm³/mol. The Morgan fingerprint density at radius 2 is 2.10 bits per heavy atom. The molecular formula is C14H18N4O2S. The number of hydrogen-bond acceptors (Lipinski definition) is 6. The number of sulfone groups is 1. The lowest BCUT2D eigenvalue weighted by Gasteiger charge is -2.10. The highest BCUT2D eigenvalue weighted by atomic mass is 32.2. The number of anilines is 3. The summed E-state index contributed by atoms with van der Waals surface area (Å²) in [7, 11) is -3.24. The lowest BCUT2D eigenvalue weighted by atomic mass is 10.3. The van der Waals surface area contributed by atoms with Gasteiger partial charge in [0.05, 0.1) is 10.6 Å². The van der Waals surface area contributed by atoms with E-state index in [1.807, 2.05) is 13.8 Å². The van der Waals surface area contributed by atoms with Crippen molar-refractivity contribution in [2.45, 2.75) is 25.2 Å². The molecule has 21 heavy (non-hydrogen) atoms. The van der Waals surface area contributed by atoms with Crippen molar-refractivity contribution in [3.05, 3.63) is 36.0 Å². The molecule has 6 nitrogen and oxygen atoms in total. The molecule has 2 aromatic rings. The summed E-state index contributed by atoms with van der Waals surface area (Å²) in [6, 6.07) is 6.67. The number of rotatable bonds is 5. The fourth-order valence-corrected chi connectivity index (χ4v) is 3.24. The van der Waals surface area contributed by atoms with Gasteiger partial charge in [-0.1, -0.05) is 13.0 Å². The van der Waals surface area contributed by atoms with E-state index in [1.165, 1.54) is 0 Å². The molecule has 0 spiro atoms. The van der Waals surface area contributed by atoms with Crippen LogP contribution in [0.25, 0.3) is 0 Å². The fourth-order valence-electron chi connectivity index (χ4n) is 1.87. The van der Waals surface area contributed by atoms with Gasteiger partial charge < -0.3 is 11.1 Å². The second-order valence-corrected chi connectivity index (χ2v) is 6.84. The van der Waals surface area contributed by atoms with Gasteiger partial charge in [-0.2, -0.15) is 4.98 Å². The van der Waals surface area contributed by atoms with Crippen LogP contribution < -0.4 is 11.1 Å². The Hall–Kier alpha value is -2.15. The number of benzene rings is 1. The summed E-state index contributed by atoms with van der Waals surface area (Å²) in [6.45, 7) is 3.69. The minimum atomic E-state index is -3.24. The standard InChI is InChI=1S/C14H18N4O2S/c1-3-7-21(19,20)12-6-4-5-11(8-12)17-13-10(2)9-16-14(15)18-13/h4-6,8-9H,3,7H2,1-2H3,(H3,15,16,17,18). The van der Waals surface area contributed by atoms with Crippen molar-refractivity contribution < 1.29 is 8.42 Å². The first-order chi connectivity index (χ1) is 9.92. The number of nitrogens with zero attached hydrogens (tertiary/aromatic N) is 2. The molecule has 0 saturated carbocycles. The Bertz CT molecular complexity index is 744. The van der Waals surface area contributed by atoms with Gasteiger partial charge in [0.25, 0.3) is 0 Å². The van der Waals surface area contributed by atoms with Gasteiger partial charge in [0, 0.05) is 17.4 Å². The third kappa shape index (κ3) is 3.69. The zero-order valence-electron chi connectivity index (χ0n) is 12.0. The lowest BCUT2D eigenvalue weighted by molar-refractivity contribution is 0.595. The molecule has 112 valence electrons. The maximum Gasteiger partial charge on any atom is 0.221 e. The first-order valence-corrected chi connectivity index (χ1v) is 8.26. The molecule has 0 atom stereocenters. The average Bonchev–Trinajstić information content (AvgIpc) is 2.43. The van der Waals surface area contributed by atoms with Crippen molar-refractivity contribution >= 4 is 27.3 Å². The zero-order valence-corrected chi connectivity index (χ0v) is 12.8. The SMILES string of the molecule is CCCS(=O)(=O)c1cccc(Nc2nc(N)ncc2C)c1. The van der Waals surface area contributed by atoms with Crippen molar-refractivity contribution in [3.8, 4) is 0 Å². The molecule has 0 saturated heterocycles. The van der Waals surface area contributed by atoms with Crippen LogP contribution in [0.5, 0.6) is 0 Å². The lowest BCUT2D eigenvalue weighted by Crippen LogP contribution is -2.07. The highest BCUT2D eigenvalue weighted by Gasteiger charge is 2.13. The number of aryl methyl sites for hydroxylation is 1. The third-order valence-corrected chi connectivity index (χ3v) is 4.84. The maximum absolute atomic E-state index is 12.1. The topological polar surface area (TPSA) is 98.0 Å². The van der Waals surface area contributed by atoms with Crippen LogP contribution in [0.3, 0.4) is 0 Å². The Morgan fingerprint density at radius 3 is 2.81 bits per heavy atom. The molecule has 1 heterocycles. The number of aromatic nitrogens is 2. The van der Waals surface area contributed by atoms with Gasteiger partial charge in [-0.05, 0) is 31.5 Å². The Morgan fingerprint density at radius 1 is 1.33 bits per heavy atom. The Kier molecular flexibility index (Phi) is 4.42. The Labute approximate surface area is 124 Å². The molecule has 0 bridgehead atoms. The molecule has 1 aromatic heterocycles. The van der Waals surface area contributed by atoms with Gasteiger partial charge in [0.2, 0.25) is 5.95 Å². The second kappa shape index (κ2) is 6.09. The smallest absolute Gasteiger partial charge is 0.221 e. The molecule has 0 aliphatic heterocycles. The summed E-state index contributed by atoms with van der Waals surface area (Å²) in [5.74, 6) is 0.862.